The van der Waals surface area contributed by atoms with Crippen molar-refractivity contribution in [1.82, 2.24) is 0 Å². The average Bonchev–Trinajstić information content (AvgIpc) is 3.01. The first-order chi connectivity index (χ1) is 9.22. The molecule has 0 spiro atoms. The molecule has 0 amide bonds. The lowest BCUT2D eigenvalue weighted by Gasteiger charge is -2.30. The van der Waals surface area contributed by atoms with Gasteiger partial charge >= 0.3 is 5.97 Å². The molecule has 0 radical (unpaired) electrons. The first-order valence-corrected chi connectivity index (χ1v) is 7.32. The third-order valence-electron chi connectivity index (χ3n) is 4.91. The lowest BCUT2D eigenvalue weighted by molar-refractivity contribution is -0.136. The van der Waals surface area contributed by atoms with E-state index in [4.69, 9.17) is 9.47 Å². The number of rotatable bonds is 2. The molecule has 104 valence electrons. The summed E-state index contributed by atoms with van der Waals surface area (Å²) in [7, 11) is 1.44. The molecular weight excluding hydrogens is 240 g/mol. The average molecular weight is 262 g/mol. The Morgan fingerprint density at radius 3 is 2.74 bits per heavy atom. The normalized spacial score (nSPS) is 31.7. The minimum atomic E-state index is -0.202. The van der Waals surface area contributed by atoms with Gasteiger partial charge in [-0.05, 0) is 24.3 Å². The number of carbonyl (C=O) groups excluding carboxylic acids is 1. The zero-order valence-electron chi connectivity index (χ0n) is 11.6. The van der Waals surface area contributed by atoms with Crippen LogP contribution in [0.5, 0.6) is 0 Å². The first-order valence-electron chi connectivity index (χ1n) is 7.32. The van der Waals surface area contributed by atoms with E-state index in [1.807, 2.05) is 0 Å². The summed E-state index contributed by atoms with van der Waals surface area (Å²) >= 11 is 0. The maximum atomic E-state index is 11.8. The fourth-order valence-electron chi connectivity index (χ4n) is 3.97. The van der Waals surface area contributed by atoms with Crippen molar-refractivity contribution < 1.29 is 14.3 Å². The van der Waals surface area contributed by atoms with Crippen LogP contribution in [0.4, 0.5) is 0 Å². The van der Waals surface area contributed by atoms with Crippen LogP contribution >= 0.6 is 0 Å². The van der Waals surface area contributed by atoms with Crippen molar-refractivity contribution in [2.24, 2.45) is 11.8 Å². The van der Waals surface area contributed by atoms with Gasteiger partial charge in [0.25, 0.3) is 0 Å². The SMILES string of the molecule is C=C1CC(C(=O)OC)=C2CO[C@@H](C3CCCCC3)[C@@H]12. The first kappa shape index (κ1) is 12.9. The Morgan fingerprint density at radius 1 is 1.32 bits per heavy atom. The van der Waals surface area contributed by atoms with Crippen molar-refractivity contribution in [2.45, 2.75) is 44.6 Å². The van der Waals surface area contributed by atoms with Crippen molar-refractivity contribution in [1.29, 1.82) is 0 Å². The van der Waals surface area contributed by atoms with Crippen LogP contribution in [-0.4, -0.2) is 25.8 Å². The molecule has 0 aromatic heterocycles. The second-order valence-corrected chi connectivity index (χ2v) is 5.98. The smallest absolute Gasteiger partial charge is 0.334 e. The molecule has 19 heavy (non-hydrogen) atoms. The van der Waals surface area contributed by atoms with Gasteiger partial charge in [0, 0.05) is 17.9 Å². The van der Waals surface area contributed by atoms with E-state index in [0.29, 0.717) is 18.9 Å². The zero-order chi connectivity index (χ0) is 13.4. The summed E-state index contributed by atoms with van der Waals surface area (Å²) in [6.45, 7) is 4.77. The molecule has 0 bridgehead atoms. The minimum absolute atomic E-state index is 0.202. The molecule has 3 nitrogen and oxygen atoms in total. The van der Waals surface area contributed by atoms with Crippen LogP contribution in [0.15, 0.2) is 23.3 Å². The van der Waals surface area contributed by atoms with Gasteiger partial charge in [0.2, 0.25) is 0 Å². The Balaban J connectivity index is 1.83. The third-order valence-corrected chi connectivity index (χ3v) is 4.91. The number of hydrogen-bond acceptors (Lipinski definition) is 3. The van der Waals surface area contributed by atoms with E-state index in [-0.39, 0.29) is 18.0 Å². The molecule has 1 saturated carbocycles. The fraction of sp³-hybridized carbons (Fsp3) is 0.688. The van der Waals surface area contributed by atoms with E-state index in [2.05, 4.69) is 6.58 Å². The monoisotopic (exact) mass is 262 g/mol. The van der Waals surface area contributed by atoms with Gasteiger partial charge < -0.3 is 9.47 Å². The van der Waals surface area contributed by atoms with Gasteiger partial charge in [-0.15, -0.1) is 0 Å². The van der Waals surface area contributed by atoms with Crippen molar-refractivity contribution in [3.8, 4) is 0 Å². The molecule has 1 saturated heterocycles. The van der Waals surface area contributed by atoms with E-state index < -0.39 is 0 Å². The van der Waals surface area contributed by atoms with Gasteiger partial charge in [0.1, 0.15) is 0 Å². The van der Waals surface area contributed by atoms with Crippen LogP contribution in [-0.2, 0) is 14.3 Å². The summed E-state index contributed by atoms with van der Waals surface area (Å²) in [4.78, 5) is 11.8. The highest BCUT2D eigenvalue weighted by atomic mass is 16.5. The molecule has 2 aliphatic carbocycles. The molecule has 3 rings (SSSR count). The summed E-state index contributed by atoms with van der Waals surface area (Å²) in [5.41, 5.74) is 3.09. The maximum Gasteiger partial charge on any atom is 0.334 e. The van der Waals surface area contributed by atoms with Crippen molar-refractivity contribution in [3.63, 3.8) is 0 Å². The number of carbonyl (C=O) groups is 1. The van der Waals surface area contributed by atoms with E-state index in [0.717, 1.165) is 16.7 Å². The highest BCUT2D eigenvalue weighted by Gasteiger charge is 2.45. The number of ether oxygens (including phenoxy) is 2. The van der Waals surface area contributed by atoms with Gasteiger partial charge in [-0.1, -0.05) is 31.4 Å². The van der Waals surface area contributed by atoms with Crippen LogP contribution in [0.3, 0.4) is 0 Å². The second kappa shape index (κ2) is 5.12. The van der Waals surface area contributed by atoms with Gasteiger partial charge in [0.15, 0.2) is 0 Å². The van der Waals surface area contributed by atoms with Crippen LogP contribution in [0, 0.1) is 11.8 Å². The van der Waals surface area contributed by atoms with Crippen molar-refractivity contribution in [2.75, 3.05) is 13.7 Å². The Hall–Kier alpha value is -1.09. The lowest BCUT2D eigenvalue weighted by atomic mass is 9.78. The number of esters is 1. The summed E-state index contributed by atoms with van der Waals surface area (Å²) < 4.78 is 10.9. The standard InChI is InChI=1S/C16H22O3/c1-10-8-12(16(17)18-2)13-9-19-15(14(10)13)11-6-4-3-5-7-11/h11,14-15H,1,3-9H2,2H3/t14-,15-/m0/s1. The maximum absolute atomic E-state index is 11.8. The predicted molar refractivity (Wildman–Crippen MR) is 72.6 cm³/mol. The topological polar surface area (TPSA) is 35.5 Å². The molecule has 3 heteroatoms. The van der Waals surface area contributed by atoms with Gasteiger partial charge in [-0.3, -0.25) is 0 Å². The van der Waals surface area contributed by atoms with Crippen molar-refractivity contribution >= 4 is 5.97 Å². The van der Waals surface area contributed by atoms with Gasteiger partial charge in [0.05, 0.1) is 19.8 Å². The molecule has 1 aliphatic heterocycles. The highest BCUT2D eigenvalue weighted by Crippen LogP contribution is 2.48. The van der Waals surface area contributed by atoms with Gasteiger partial charge in [-0.2, -0.15) is 0 Å². The quantitative estimate of drug-likeness (QED) is 0.567. The van der Waals surface area contributed by atoms with E-state index >= 15 is 0 Å². The Labute approximate surface area is 114 Å². The molecule has 2 atom stereocenters. The Bertz CT molecular complexity index is 429. The summed E-state index contributed by atoms with van der Waals surface area (Å²) in [5.74, 6) is 0.716. The zero-order valence-corrected chi connectivity index (χ0v) is 11.6. The number of fused-ring (bicyclic) bond motifs is 1. The predicted octanol–water partition coefficient (Wildman–Crippen LogP) is 3.01. The molecular formula is C16H22O3. The second-order valence-electron chi connectivity index (χ2n) is 5.98. The molecule has 0 unspecified atom stereocenters. The van der Waals surface area contributed by atoms with Gasteiger partial charge in [-0.25, -0.2) is 4.79 Å². The van der Waals surface area contributed by atoms with Crippen LogP contribution in [0.2, 0.25) is 0 Å². The molecule has 0 aromatic carbocycles. The Kier molecular flexibility index (Phi) is 3.48. The summed E-state index contributed by atoms with van der Waals surface area (Å²) in [6, 6.07) is 0. The highest BCUT2D eigenvalue weighted by molar-refractivity contribution is 5.91. The lowest BCUT2D eigenvalue weighted by Crippen LogP contribution is -2.28. The van der Waals surface area contributed by atoms with E-state index in [1.165, 1.54) is 39.2 Å². The van der Waals surface area contributed by atoms with E-state index in [9.17, 15) is 4.79 Å². The van der Waals surface area contributed by atoms with Crippen LogP contribution in [0.1, 0.15) is 38.5 Å². The van der Waals surface area contributed by atoms with Crippen LogP contribution < -0.4 is 0 Å². The fourth-order valence-corrected chi connectivity index (χ4v) is 3.97. The minimum Gasteiger partial charge on any atom is -0.466 e. The summed E-state index contributed by atoms with van der Waals surface area (Å²) in [6.07, 6.45) is 7.43. The summed E-state index contributed by atoms with van der Waals surface area (Å²) in [5, 5.41) is 0. The largest absolute Gasteiger partial charge is 0.466 e. The van der Waals surface area contributed by atoms with Crippen LogP contribution in [0.25, 0.3) is 0 Å². The number of hydrogen-bond donors (Lipinski definition) is 0. The molecule has 0 aromatic rings. The molecule has 3 aliphatic rings. The third kappa shape index (κ3) is 2.14. The molecule has 2 fully saturated rings. The van der Waals surface area contributed by atoms with Crippen molar-refractivity contribution in [3.05, 3.63) is 23.3 Å². The molecule has 1 heterocycles. The molecule has 0 N–H and O–H groups in total. The number of methoxy groups -OCH3 is 1. The Morgan fingerprint density at radius 2 is 2.05 bits per heavy atom. The van der Waals surface area contributed by atoms with E-state index in [1.54, 1.807) is 0 Å².